The molecule has 1 fully saturated rings. The number of aromatic nitrogens is 1. The number of carbonyl (C=O) groups excluding carboxylic acids is 1. The van der Waals surface area contributed by atoms with Gasteiger partial charge in [0.15, 0.2) is 5.13 Å². The van der Waals surface area contributed by atoms with E-state index in [1.807, 2.05) is 24.0 Å². The van der Waals surface area contributed by atoms with Gasteiger partial charge in [-0.05, 0) is 31.0 Å². The van der Waals surface area contributed by atoms with Crippen LogP contribution in [0.15, 0.2) is 29.6 Å². The van der Waals surface area contributed by atoms with E-state index in [9.17, 15) is 4.79 Å². The van der Waals surface area contributed by atoms with Gasteiger partial charge in [0.1, 0.15) is 0 Å². The summed E-state index contributed by atoms with van der Waals surface area (Å²) in [4.78, 5) is 21.1. The Bertz CT molecular complexity index is 739. The van der Waals surface area contributed by atoms with Crippen LogP contribution < -0.4 is 4.90 Å². The van der Waals surface area contributed by atoms with E-state index in [1.165, 1.54) is 0 Å². The zero-order valence-corrected chi connectivity index (χ0v) is 14.6. The number of anilines is 1. The van der Waals surface area contributed by atoms with Gasteiger partial charge < -0.3 is 9.80 Å². The number of amides is 1. The quantitative estimate of drug-likeness (QED) is 0.858. The average Bonchev–Trinajstić information content (AvgIpc) is 3.06. The summed E-state index contributed by atoms with van der Waals surface area (Å²) in [6, 6.07) is 9.56. The van der Waals surface area contributed by atoms with E-state index >= 15 is 0 Å². The second-order valence-electron chi connectivity index (χ2n) is 5.95. The third-order valence-corrected chi connectivity index (χ3v) is 5.24. The monoisotopic (exact) mass is 340 g/mol. The molecule has 1 aromatic heterocycles. The first-order valence-corrected chi connectivity index (χ1v) is 8.97. The van der Waals surface area contributed by atoms with Crippen LogP contribution in [0.1, 0.15) is 23.2 Å². The van der Waals surface area contributed by atoms with E-state index < -0.39 is 0 Å². The van der Waals surface area contributed by atoms with Crippen molar-refractivity contribution in [3.63, 3.8) is 0 Å². The van der Waals surface area contributed by atoms with E-state index in [0.717, 1.165) is 49.0 Å². The minimum atomic E-state index is 0.203. The number of aryl methyl sites for hydroxylation is 2. The third-order valence-electron chi connectivity index (χ3n) is 4.22. The number of rotatable bonds is 4. The van der Waals surface area contributed by atoms with Crippen LogP contribution in [0.25, 0.3) is 0 Å². The number of benzene rings is 1. The first-order valence-electron chi connectivity index (χ1n) is 8.09. The first kappa shape index (κ1) is 16.5. The molecular formula is C18H20N4OS. The van der Waals surface area contributed by atoms with Crippen molar-refractivity contribution in [3.8, 4) is 6.07 Å². The van der Waals surface area contributed by atoms with Crippen molar-refractivity contribution >= 4 is 22.4 Å². The molecule has 0 bridgehead atoms. The Morgan fingerprint density at radius 2 is 1.96 bits per heavy atom. The van der Waals surface area contributed by atoms with Gasteiger partial charge >= 0.3 is 0 Å². The minimum absolute atomic E-state index is 0.203. The van der Waals surface area contributed by atoms with E-state index in [4.69, 9.17) is 5.26 Å². The number of hydrogen-bond donors (Lipinski definition) is 0. The van der Waals surface area contributed by atoms with Crippen LogP contribution in [0.4, 0.5) is 5.13 Å². The maximum Gasteiger partial charge on any atom is 0.223 e. The van der Waals surface area contributed by atoms with Crippen molar-refractivity contribution < 1.29 is 4.79 Å². The zero-order valence-electron chi connectivity index (χ0n) is 13.7. The van der Waals surface area contributed by atoms with Crippen molar-refractivity contribution in [3.05, 3.63) is 46.5 Å². The Hall–Kier alpha value is -2.39. The number of piperazine rings is 1. The summed E-state index contributed by atoms with van der Waals surface area (Å²) in [7, 11) is 0. The second kappa shape index (κ2) is 7.45. The maximum absolute atomic E-state index is 12.4. The largest absolute Gasteiger partial charge is 0.345 e. The average molecular weight is 340 g/mol. The van der Waals surface area contributed by atoms with Crippen molar-refractivity contribution in [1.82, 2.24) is 9.88 Å². The van der Waals surface area contributed by atoms with Gasteiger partial charge in [0.25, 0.3) is 0 Å². The summed E-state index contributed by atoms with van der Waals surface area (Å²) in [5, 5.41) is 11.9. The van der Waals surface area contributed by atoms with E-state index in [2.05, 4.69) is 21.3 Å². The highest BCUT2D eigenvalue weighted by Gasteiger charge is 2.22. The van der Waals surface area contributed by atoms with Gasteiger partial charge in [-0.15, -0.1) is 11.3 Å². The second-order valence-corrected chi connectivity index (χ2v) is 6.78. The Labute approximate surface area is 146 Å². The lowest BCUT2D eigenvalue weighted by Crippen LogP contribution is -2.48. The van der Waals surface area contributed by atoms with Gasteiger partial charge in [0, 0.05) is 38.0 Å². The fraction of sp³-hybridized carbons (Fsp3) is 0.389. The van der Waals surface area contributed by atoms with Gasteiger partial charge in [-0.2, -0.15) is 5.26 Å². The Morgan fingerprint density at radius 1 is 1.25 bits per heavy atom. The molecule has 1 aliphatic heterocycles. The molecule has 0 unspecified atom stereocenters. The van der Waals surface area contributed by atoms with Gasteiger partial charge in [-0.3, -0.25) is 4.79 Å². The van der Waals surface area contributed by atoms with Gasteiger partial charge in [0.05, 0.1) is 17.3 Å². The number of nitrogens with zero attached hydrogens (tertiary/aromatic N) is 4. The Kier molecular flexibility index (Phi) is 5.11. The van der Waals surface area contributed by atoms with Crippen LogP contribution in [0.3, 0.4) is 0 Å². The molecule has 24 heavy (non-hydrogen) atoms. The number of thiazole rings is 1. The molecule has 0 spiro atoms. The predicted molar refractivity (Wildman–Crippen MR) is 95.1 cm³/mol. The SMILES string of the molecule is Cc1csc(N2CCN(C(=O)CCc3ccc(C#N)cc3)CC2)n1. The molecule has 1 aliphatic rings. The van der Waals surface area contributed by atoms with E-state index in [-0.39, 0.29) is 5.91 Å². The molecule has 0 radical (unpaired) electrons. The molecule has 0 saturated carbocycles. The molecule has 0 atom stereocenters. The highest BCUT2D eigenvalue weighted by molar-refractivity contribution is 7.13. The fourth-order valence-electron chi connectivity index (χ4n) is 2.79. The van der Waals surface area contributed by atoms with Gasteiger partial charge in [0.2, 0.25) is 5.91 Å². The van der Waals surface area contributed by atoms with E-state index in [1.54, 1.807) is 23.5 Å². The summed E-state index contributed by atoms with van der Waals surface area (Å²) in [6.07, 6.45) is 1.23. The minimum Gasteiger partial charge on any atom is -0.345 e. The van der Waals surface area contributed by atoms with Crippen LogP contribution in [0.5, 0.6) is 0 Å². The van der Waals surface area contributed by atoms with Crippen LogP contribution >= 0.6 is 11.3 Å². The highest BCUT2D eigenvalue weighted by atomic mass is 32.1. The maximum atomic E-state index is 12.4. The van der Waals surface area contributed by atoms with Crippen LogP contribution in [-0.4, -0.2) is 42.0 Å². The lowest BCUT2D eigenvalue weighted by Gasteiger charge is -2.34. The number of hydrogen-bond acceptors (Lipinski definition) is 5. The number of carbonyl (C=O) groups is 1. The van der Waals surface area contributed by atoms with E-state index in [0.29, 0.717) is 12.0 Å². The number of nitriles is 1. The van der Waals surface area contributed by atoms with Crippen molar-refractivity contribution in [2.24, 2.45) is 0 Å². The summed E-state index contributed by atoms with van der Waals surface area (Å²) in [5.74, 6) is 0.203. The fourth-order valence-corrected chi connectivity index (χ4v) is 3.65. The molecule has 1 amide bonds. The third kappa shape index (κ3) is 3.92. The molecule has 3 rings (SSSR count). The molecular weight excluding hydrogens is 320 g/mol. The Morgan fingerprint density at radius 3 is 2.54 bits per heavy atom. The molecule has 1 aromatic carbocycles. The van der Waals surface area contributed by atoms with Crippen molar-refractivity contribution in [2.45, 2.75) is 19.8 Å². The van der Waals surface area contributed by atoms with Gasteiger partial charge in [-0.1, -0.05) is 12.1 Å². The van der Waals surface area contributed by atoms with Crippen molar-refractivity contribution in [1.29, 1.82) is 5.26 Å². The molecule has 1 saturated heterocycles. The first-order chi connectivity index (χ1) is 11.7. The normalized spacial score (nSPS) is 14.5. The molecule has 124 valence electrons. The molecule has 5 nitrogen and oxygen atoms in total. The lowest BCUT2D eigenvalue weighted by atomic mass is 10.1. The molecule has 0 aliphatic carbocycles. The Balaban J connectivity index is 1.47. The smallest absolute Gasteiger partial charge is 0.223 e. The molecule has 6 heteroatoms. The highest BCUT2D eigenvalue weighted by Crippen LogP contribution is 2.21. The van der Waals surface area contributed by atoms with Crippen molar-refractivity contribution in [2.75, 3.05) is 31.1 Å². The van der Waals surface area contributed by atoms with Crippen LogP contribution in [0, 0.1) is 18.3 Å². The summed E-state index contributed by atoms with van der Waals surface area (Å²) >= 11 is 1.66. The molecule has 2 aromatic rings. The summed E-state index contributed by atoms with van der Waals surface area (Å²) in [5.41, 5.74) is 2.80. The predicted octanol–water partition coefficient (Wildman–Crippen LogP) is 2.60. The van der Waals surface area contributed by atoms with Crippen LogP contribution in [-0.2, 0) is 11.2 Å². The summed E-state index contributed by atoms with van der Waals surface area (Å²) in [6.45, 7) is 5.20. The standard InChI is InChI=1S/C18H20N4OS/c1-14-13-24-18(20-14)22-10-8-21(9-11-22)17(23)7-6-15-2-4-16(12-19)5-3-15/h2-5,13H,6-11H2,1H3. The summed E-state index contributed by atoms with van der Waals surface area (Å²) < 4.78 is 0. The molecule has 0 N–H and O–H groups in total. The van der Waals surface area contributed by atoms with Gasteiger partial charge in [-0.25, -0.2) is 4.98 Å². The zero-order chi connectivity index (χ0) is 16.9. The molecule has 2 heterocycles. The lowest BCUT2D eigenvalue weighted by molar-refractivity contribution is -0.131. The van der Waals surface area contributed by atoms with Crippen LogP contribution in [0.2, 0.25) is 0 Å². The topological polar surface area (TPSA) is 60.2 Å².